The first-order valence-corrected chi connectivity index (χ1v) is 5.40. The monoisotopic (exact) mass is 222 g/mol. The maximum atomic E-state index is 6.22. The fourth-order valence-electron chi connectivity index (χ4n) is 1.85. The summed E-state index contributed by atoms with van der Waals surface area (Å²) in [5.41, 5.74) is 9.18. The Bertz CT molecular complexity index is 543. The number of hydrogen-bond acceptors (Lipinski definition) is 3. The van der Waals surface area contributed by atoms with Gasteiger partial charge in [0.15, 0.2) is 5.58 Å². The van der Waals surface area contributed by atoms with Gasteiger partial charge in [0.2, 0.25) is 0 Å². The third-order valence-electron chi connectivity index (χ3n) is 2.94. The van der Waals surface area contributed by atoms with Crippen molar-refractivity contribution in [2.75, 3.05) is 5.73 Å². The van der Waals surface area contributed by atoms with Crippen molar-refractivity contribution < 1.29 is 4.52 Å². The normalized spacial score (nSPS) is 16.1. The van der Waals surface area contributed by atoms with Gasteiger partial charge in [-0.1, -0.05) is 16.8 Å². The number of nitrogen functional groups attached to an aromatic ring is 1. The lowest BCUT2D eigenvalue weighted by Gasteiger charge is -2.03. The molecule has 2 N–H and O–H groups in total. The highest BCUT2D eigenvalue weighted by Gasteiger charge is 2.30. The largest absolute Gasteiger partial charge is 0.397 e. The summed E-state index contributed by atoms with van der Waals surface area (Å²) in [5, 5.41) is 5.58. The van der Waals surface area contributed by atoms with Crippen molar-refractivity contribution in [2.24, 2.45) is 0 Å². The Labute approximate surface area is 92.2 Å². The van der Waals surface area contributed by atoms with Gasteiger partial charge in [0.05, 0.1) is 21.8 Å². The minimum absolute atomic E-state index is 0.519. The molecule has 3 nitrogen and oxygen atoms in total. The van der Waals surface area contributed by atoms with Crippen LogP contribution in [0.25, 0.3) is 11.0 Å². The van der Waals surface area contributed by atoms with E-state index < -0.39 is 0 Å². The van der Waals surface area contributed by atoms with Crippen molar-refractivity contribution in [3.8, 4) is 0 Å². The highest BCUT2D eigenvalue weighted by Crippen LogP contribution is 2.45. The van der Waals surface area contributed by atoms with Crippen LogP contribution in [0.15, 0.2) is 10.6 Å². The molecule has 0 atom stereocenters. The average molecular weight is 223 g/mol. The molecule has 0 spiro atoms. The van der Waals surface area contributed by atoms with E-state index in [2.05, 4.69) is 5.16 Å². The van der Waals surface area contributed by atoms with Crippen molar-refractivity contribution in [1.29, 1.82) is 0 Å². The topological polar surface area (TPSA) is 52.0 Å². The van der Waals surface area contributed by atoms with Gasteiger partial charge in [-0.15, -0.1) is 0 Å². The molecule has 2 aromatic rings. The second kappa shape index (κ2) is 2.89. The van der Waals surface area contributed by atoms with Crippen LogP contribution in [-0.4, -0.2) is 5.16 Å². The maximum absolute atomic E-state index is 6.22. The summed E-state index contributed by atoms with van der Waals surface area (Å²) in [6, 6.07) is 1.90. The van der Waals surface area contributed by atoms with Gasteiger partial charge in [-0.2, -0.15) is 0 Å². The number of halogens is 1. The van der Waals surface area contributed by atoms with Crippen molar-refractivity contribution in [2.45, 2.75) is 25.7 Å². The number of hydrogen-bond donors (Lipinski definition) is 1. The molecule has 1 aromatic carbocycles. The predicted molar refractivity (Wildman–Crippen MR) is 60.1 cm³/mol. The lowest BCUT2D eigenvalue weighted by atomic mass is 10.1. The predicted octanol–water partition coefficient (Wildman–Crippen LogP) is 3.25. The fourth-order valence-corrected chi connectivity index (χ4v) is 2.19. The third-order valence-corrected chi connectivity index (χ3v) is 3.33. The highest BCUT2D eigenvalue weighted by atomic mass is 35.5. The Kier molecular flexibility index (Phi) is 1.74. The van der Waals surface area contributed by atoms with E-state index in [9.17, 15) is 0 Å². The quantitative estimate of drug-likeness (QED) is 0.754. The van der Waals surface area contributed by atoms with Crippen LogP contribution in [0.1, 0.15) is 30.0 Å². The molecule has 0 radical (unpaired) electrons. The molecule has 4 heteroatoms. The summed E-state index contributed by atoms with van der Waals surface area (Å²) in [5.74, 6) is 0.519. The Morgan fingerprint density at radius 1 is 1.53 bits per heavy atom. The van der Waals surface area contributed by atoms with Gasteiger partial charge in [0.25, 0.3) is 0 Å². The molecule has 1 saturated carbocycles. The molecular formula is C11H11ClN2O. The van der Waals surface area contributed by atoms with Crippen LogP contribution in [0.4, 0.5) is 5.69 Å². The molecule has 1 fully saturated rings. The number of aromatic nitrogens is 1. The van der Waals surface area contributed by atoms with Crippen LogP contribution in [0.3, 0.4) is 0 Å². The molecular weight excluding hydrogens is 212 g/mol. The zero-order chi connectivity index (χ0) is 10.6. The summed E-state index contributed by atoms with van der Waals surface area (Å²) in [6.07, 6.45) is 2.34. The zero-order valence-electron chi connectivity index (χ0n) is 8.38. The molecule has 1 aliphatic rings. The lowest BCUT2D eigenvalue weighted by Crippen LogP contribution is -1.91. The van der Waals surface area contributed by atoms with Gasteiger partial charge in [-0.25, -0.2) is 0 Å². The van der Waals surface area contributed by atoms with E-state index in [1.165, 1.54) is 12.8 Å². The third kappa shape index (κ3) is 1.23. The Morgan fingerprint density at radius 3 is 2.93 bits per heavy atom. The molecule has 15 heavy (non-hydrogen) atoms. The lowest BCUT2D eigenvalue weighted by molar-refractivity contribution is 0.446. The van der Waals surface area contributed by atoms with Crippen LogP contribution in [-0.2, 0) is 0 Å². The van der Waals surface area contributed by atoms with Crippen LogP contribution in [0.5, 0.6) is 0 Å². The summed E-state index contributed by atoms with van der Waals surface area (Å²) in [6.45, 7) is 1.92. The zero-order valence-corrected chi connectivity index (χ0v) is 9.14. The Hall–Kier alpha value is -1.22. The van der Waals surface area contributed by atoms with Crippen LogP contribution in [0.2, 0.25) is 5.02 Å². The summed E-state index contributed by atoms with van der Waals surface area (Å²) in [4.78, 5) is 0. The summed E-state index contributed by atoms with van der Waals surface area (Å²) >= 11 is 6.22. The first kappa shape index (κ1) is 9.04. The highest BCUT2D eigenvalue weighted by molar-refractivity contribution is 6.38. The Morgan fingerprint density at radius 2 is 2.27 bits per heavy atom. The smallest absolute Gasteiger partial charge is 0.169 e. The number of fused-ring (bicyclic) bond motifs is 1. The summed E-state index contributed by atoms with van der Waals surface area (Å²) < 4.78 is 5.28. The van der Waals surface area contributed by atoms with Crippen LogP contribution in [0, 0.1) is 6.92 Å². The van der Waals surface area contributed by atoms with Gasteiger partial charge in [-0.05, 0) is 31.4 Å². The van der Waals surface area contributed by atoms with Crippen molar-refractivity contribution >= 4 is 28.3 Å². The maximum Gasteiger partial charge on any atom is 0.169 e. The van der Waals surface area contributed by atoms with Gasteiger partial charge < -0.3 is 10.3 Å². The van der Waals surface area contributed by atoms with E-state index in [1.807, 2.05) is 13.0 Å². The van der Waals surface area contributed by atoms with Gasteiger partial charge >= 0.3 is 0 Å². The number of rotatable bonds is 1. The van der Waals surface area contributed by atoms with Crippen molar-refractivity contribution in [3.05, 3.63) is 22.3 Å². The molecule has 1 aromatic heterocycles. The van der Waals surface area contributed by atoms with E-state index in [0.29, 0.717) is 16.6 Å². The molecule has 1 aliphatic carbocycles. The standard InChI is InChI=1S/C11H11ClN2O/c1-5-4-7-8(9(12)10(5)13)11(14-15-7)6-2-3-6/h4,6H,2-3,13H2,1H3. The van der Waals surface area contributed by atoms with Gasteiger partial charge in [0, 0.05) is 5.92 Å². The van der Waals surface area contributed by atoms with Crippen LogP contribution < -0.4 is 5.73 Å². The first-order chi connectivity index (χ1) is 7.18. The second-order valence-corrected chi connectivity index (χ2v) is 4.51. The van der Waals surface area contributed by atoms with E-state index in [0.717, 1.165) is 22.2 Å². The number of benzene rings is 1. The number of nitrogens with zero attached hydrogens (tertiary/aromatic N) is 1. The molecule has 3 rings (SSSR count). The SMILES string of the molecule is Cc1cc2onc(C3CC3)c2c(Cl)c1N. The molecule has 0 saturated heterocycles. The molecule has 0 unspecified atom stereocenters. The molecule has 1 heterocycles. The van der Waals surface area contributed by atoms with E-state index in [1.54, 1.807) is 0 Å². The van der Waals surface area contributed by atoms with Crippen molar-refractivity contribution in [1.82, 2.24) is 5.16 Å². The number of nitrogens with two attached hydrogens (primary N) is 1. The number of aryl methyl sites for hydroxylation is 1. The van der Waals surface area contributed by atoms with E-state index in [4.69, 9.17) is 21.9 Å². The molecule has 0 bridgehead atoms. The minimum atomic E-state index is 0.519. The second-order valence-electron chi connectivity index (χ2n) is 4.14. The van der Waals surface area contributed by atoms with E-state index >= 15 is 0 Å². The van der Waals surface area contributed by atoms with Crippen molar-refractivity contribution in [3.63, 3.8) is 0 Å². The summed E-state index contributed by atoms with van der Waals surface area (Å²) in [7, 11) is 0. The minimum Gasteiger partial charge on any atom is -0.397 e. The van der Waals surface area contributed by atoms with E-state index in [-0.39, 0.29) is 0 Å². The Balaban J connectivity index is 2.37. The van der Waals surface area contributed by atoms with Crippen LogP contribution >= 0.6 is 11.6 Å². The molecule has 0 aliphatic heterocycles. The molecule has 0 amide bonds. The molecule has 78 valence electrons. The number of anilines is 1. The first-order valence-electron chi connectivity index (χ1n) is 5.02. The average Bonchev–Trinajstić information content (AvgIpc) is 2.97. The fraction of sp³-hybridized carbons (Fsp3) is 0.364. The van der Waals surface area contributed by atoms with Gasteiger partial charge in [-0.3, -0.25) is 0 Å². The van der Waals surface area contributed by atoms with Gasteiger partial charge in [0.1, 0.15) is 0 Å².